The van der Waals surface area contributed by atoms with Crippen LogP contribution in [0, 0.1) is 11.3 Å². The van der Waals surface area contributed by atoms with Gasteiger partial charge in [-0.05, 0) is 35.2 Å². The molecular weight excluding hydrogens is 241 g/mol. The Morgan fingerprint density at radius 3 is 2.58 bits per heavy atom. The Labute approximate surface area is 112 Å². The van der Waals surface area contributed by atoms with E-state index in [1.807, 2.05) is 42.5 Å². The summed E-state index contributed by atoms with van der Waals surface area (Å²) >= 11 is 0. The second-order valence-corrected chi connectivity index (χ2v) is 4.67. The molecule has 0 amide bonds. The summed E-state index contributed by atoms with van der Waals surface area (Å²) in [6, 6.07) is 15.2. The molecule has 0 fully saturated rings. The van der Waals surface area contributed by atoms with Gasteiger partial charge in [-0.25, -0.2) is 4.39 Å². The lowest BCUT2D eigenvalue weighted by atomic mass is 10.00. The van der Waals surface area contributed by atoms with Crippen LogP contribution in [-0.4, -0.2) is 11.2 Å². The van der Waals surface area contributed by atoms with Gasteiger partial charge in [0.15, 0.2) is 0 Å². The van der Waals surface area contributed by atoms with Crippen LogP contribution in [-0.2, 0) is 0 Å². The van der Waals surface area contributed by atoms with Crippen LogP contribution in [0.5, 0.6) is 0 Å². The van der Waals surface area contributed by atoms with Crippen molar-refractivity contribution in [3.8, 4) is 6.07 Å². The van der Waals surface area contributed by atoms with Crippen LogP contribution in [0.3, 0.4) is 0 Å². The highest BCUT2D eigenvalue weighted by Crippen LogP contribution is 2.27. The molecule has 0 aliphatic rings. The molecule has 0 spiro atoms. The lowest BCUT2D eigenvalue weighted by molar-refractivity contribution is 0.151. The lowest BCUT2D eigenvalue weighted by Crippen LogP contribution is -2.06. The quantitative estimate of drug-likeness (QED) is 0.882. The van der Waals surface area contributed by atoms with Crippen molar-refractivity contribution in [3.05, 3.63) is 48.0 Å². The van der Waals surface area contributed by atoms with E-state index in [0.29, 0.717) is 12.0 Å². The van der Waals surface area contributed by atoms with Gasteiger partial charge in [-0.2, -0.15) is 5.26 Å². The van der Waals surface area contributed by atoms with Crippen molar-refractivity contribution in [2.75, 3.05) is 0 Å². The van der Waals surface area contributed by atoms with E-state index in [-0.39, 0.29) is 12.8 Å². The van der Waals surface area contributed by atoms with Crippen molar-refractivity contribution in [2.45, 2.75) is 31.5 Å². The zero-order valence-corrected chi connectivity index (χ0v) is 10.6. The Kier molecular flexibility index (Phi) is 4.48. The Hall–Kier alpha value is -1.92. The van der Waals surface area contributed by atoms with E-state index in [4.69, 9.17) is 5.26 Å². The molecule has 19 heavy (non-hydrogen) atoms. The molecule has 2 nitrogen and oxygen atoms in total. The summed E-state index contributed by atoms with van der Waals surface area (Å²) in [6.45, 7) is 0. The van der Waals surface area contributed by atoms with Crippen molar-refractivity contribution in [2.24, 2.45) is 0 Å². The van der Waals surface area contributed by atoms with E-state index in [0.717, 1.165) is 10.8 Å². The topological polar surface area (TPSA) is 44.0 Å². The molecule has 0 aliphatic heterocycles. The largest absolute Gasteiger partial charge is 0.392 e. The maximum absolute atomic E-state index is 14.1. The summed E-state index contributed by atoms with van der Waals surface area (Å²) in [5, 5.41) is 20.0. The molecule has 2 rings (SSSR count). The lowest BCUT2D eigenvalue weighted by Gasteiger charge is -2.11. The third-order valence-corrected chi connectivity index (χ3v) is 3.22. The zero-order valence-electron chi connectivity index (χ0n) is 10.6. The van der Waals surface area contributed by atoms with Gasteiger partial charge in [-0.15, -0.1) is 0 Å². The van der Waals surface area contributed by atoms with E-state index in [2.05, 4.69) is 0 Å². The number of aliphatic hydroxyl groups is 1. The number of alkyl halides is 1. The van der Waals surface area contributed by atoms with Gasteiger partial charge < -0.3 is 5.11 Å². The highest BCUT2D eigenvalue weighted by Gasteiger charge is 2.13. The Bertz CT molecular complexity index is 591. The van der Waals surface area contributed by atoms with Crippen LogP contribution in [0.1, 0.15) is 31.0 Å². The number of nitrogens with zero attached hydrogens (tertiary/aromatic N) is 1. The first-order chi connectivity index (χ1) is 9.20. The number of hydrogen-bond donors (Lipinski definition) is 1. The Balaban J connectivity index is 2.05. The minimum Gasteiger partial charge on any atom is -0.392 e. The van der Waals surface area contributed by atoms with E-state index < -0.39 is 12.3 Å². The van der Waals surface area contributed by atoms with Crippen molar-refractivity contribution in [1.29, 1.82) is 5.26 Å². The molecule has 0 saturated heterocycles. The number of benzene rings is 2. The van der Waals surface area contributed by atoms with Crippen molar-refractivity contribution in [3.63, 3.8) is 0 Å². The van der Waals surface area contributed by atoms with Gasteiger partial charge in [0.1, 0.15) is 6.17 Å². The van der Waals surface area contributed by atoms with Crippen LogP contribution in [0.2, 0.25) is 0 Å². The minimum atomic E-state index is -1.10. The minimum absolute atomic E-state index is 0.0600. The zero-order chi connectivity index (χ0) is 13.7. The number of rotatable bonds is 5. The first-order valence-electron chi connectivity index (χ1n) is 6.38. The summed E-state index contributed by atoms with van der Waals surface area (Å²) in [7, 11) is 0. The SMILES string of the molecule is N#CCC(O)CCC(F)c1ccc2ccccc2c1. The van der Waals surface area contributed by atoms with E-state index in [1.165, 1.54) is 0 Å². The molecule has 0 bridgehead atoms. The molecule has 2 unspecified atom stereocenters. The van der Waals surface area contributed by atoms with Gasteiger partial charge in [0.2, 0.25) is 0 Å². The Morgan fingerprint density at radius 1 is 1.11 bits per heavy atom. The molecule has 0 heterocycles. The monoisotopic (exact) mass is 257 g/mol. The van der Waals surface area contributed by atoms with Gasteiger partial charge in [0.25, 0.3) is 0 Å². The fourth-order valence-corrected chi connectivity index (χ4v) is 2.12. The van der Waals surface area contributed by atoms with Gasteiger partial charge >= 0.3 is 0 Å². The smallest absolute Gasteiger partial charge is 0.125 e. The third-order valence-electron chi connectivity index (χ3n) is 3.22. The summed E-state index contributed by atoms with van der Waals surface area (Å²) < 4.78 is 14.1. The molecule has 1 N–H and O–H groups in total. The molecular formula is C16H16FNO. The molecule has 98 valence electrons. The van der Waals surface area contributed by atoms with Gasteiger partial charge in [-0.1, -0.05) is 36.4 Å². The average molecular weight is 257 g/mol. The molecule has 0 saturated carbocycles. The van der Waals surface area contributed by atoms with Crippen molar-refractivity contribution >= 4 is 10.8 Å². The van der Waals surface area contributed by atoms with E-state index in [1.54, 1.807) is 6.07 Å². The highest BCUT2D eigenvalue weighted by atomic mass is 19.1. The summed E-state index contributed by atoms with van der Waals surface area (Å²) in [6.07, 6.45) is -1.23. The van der Waals surface area contributed by atoms with Crippen LogP contribution in [0.25, 0.3) is 10.8 Å². The van der Waals surface area contributed by atoms with Crippen molar-refractivity contribution < 1.29 is 9.50 Å². The van der Waals surface area contributed by atoms with Crippen molar-refractivity contribution in [1.82, 2.24) is 0 Å². The molecule has 2 atom stereocenters. The molecule has 2 aromatic carbocycles. The number of halogens is 1. The number of aliphatic hydroxyl groups excluding tert-OH is 1. The molecule has 3 heteroatoms. The Morgan fingerprint density at radius 2 is 1.84 bits per heavy atom. The first-order valence-corrected chi connectivity index (χ1v) is 6.38. The fourth-order valence-electron chi connectivity index (χ4n) is 2.12. The molecule has 0 aromatic heterocycles. The predicted octanol–water partition coefficient (Wildman–Crippen LogP) is 3.91. The standard InChI is InChI=1S/C16H16FNO/c17-16(8-7-15(19)9-10-18)14-6-5-12-3-1-2-4-13(12)11-14/h1-6,11,15-16,19H,7-9H2. The van der Waals surface area contributed by atoms with Crippen LogP contribution < -0.4 is 0 Å². The van der Waals surface area contributed by atoms with Crippen LogP contribution >= 0.6 is 0 Å². The number of nitriles is 1. The molecule has 2 aromatic rings. The maximum atomic E-state index is 14.1. The fraction of sp³-hybridized carbons (Fsp3) is 0.312. The summed E-state index contributed by atoms with van der Waals surface area (Å²) in [5.74, 6) is 0. The second kappa shape index (κ2) is 6.31. The molecule has 0 radical (unpaired) electrons. The third kappa shape index (κ3) is 3.52. The normalized spacial score (nSPS) is 13.9. The number of hydrogen-bond acceptors (Lipinski definition) is 2. The number of fused-ring (bicyclic) bond motifs is 1. The first kappa shape index (κ1) is 13.5. The predicted molar refractivity (Wildman–Crippen MR) is 73.3 cm³/mol. The highest BCUT2D eigenvalue weighted by molar-refractivity contribution is 5.83. The van der Waals surface area contributed by atoms with Gasteiger partial charge in [0.05, 0.1) is 18.6 Å². The maximum Gasteiger partial charge on any atom is 0.125 e. The van der Waals surface area contributed by atoms with Crippen LogP contribution in [0.15, 0.2) is 42.5 Å². The van der Waals surface area contributed by atoms with Crippen LogP contribution in [0.4, 0.5) is 4.39 Å². The van der Waals surface area contributed by atoms with E-state index >= 15 is 0 Å². The second-order valence-electron chi connectivity index (χ2n) is 4.67. The average Bonchev–Trinajstić information content (AvgIpc) is 2.44. The molecule has 0 aliphatic carbocycles. The van der Waals surface area contributed by atoms with Gasteiger partial charge in [-0.3, -0.25) is 0 Å². The van der Waals surface area contributed by atoms with Gasteiger partial charge in [0, 0.05) is 0 Å². The summed E-state index contributed by atoms with van der Waals surface area (Å²) in [4.78, 5) is 0. The van der Waals surface area contributed by atoms with E-state index in [9.17, 15) is 9.50 Å². The summed E-state index contributed by atoms with van der Waals surface area (Å²) in [5.41, 5.74) is 0.628.